The molecule has 2 N–H and O–H groups in total. The van der Waals surface area contributed by atoms with Crippen LogP contribution in [0.15, 0.2) is 0 Å². The molecule has 1 aliphatic rings. The molecule has 1 atom stereocenters. The minimum Gasteiger partial charge on any atom is -0.385 e. The number of methoxy groups -OCH3 is 1. The first-order valence-electron chi connectivity index (χ1n) is 12.2. The van der Waals surface area contributed by atoms with Gasteiger partial charge in [0.1, 0.15) is 0 Å². The van der Waals surface area contributed by atoms with E-state index >= 15 is 0 Å². The second-order valence-corrected chi connectivity index (χ2v) is 8.17. The van der Waals surface area contributed by atoms with E-state index in [1.165, 1.54) is 109 Å². The highest BCUT2D eigenvalue weighted by atomic mass is 16.5. The van der Waals surface area contributed by atoms with E-state index in [9.17, 15) is 0 Å². The minimum absolute atomic E-state index is 0. The van der Waals surface area contributed by atoms with Gasteiger partial charge >= 0.3 is 0 Å². The lowest BCUT2D eigenvalue weighted by Gasteiger charge is -2.03. The number of hydrogen-bond acceptors (Lipinski definition) is 3. The van der Waals surface area contributed by atoms with Crippen molar-refractivity contribution in [1.82, 2.24) is 0 Å². The van der Waals surface area contributed by atoms with Crippen molar-refractivity contribution >= 4 is 0 Å². The van der Waals surface area contributed by atoms with E-state index < -0.39 is 0 Å². The summed E-state index contributed by atoms with van der Waals surface area (Å²) >= 11 is 0. The highest BCUT2D eigenvalue weighted by Gasteiger charge is 2.11. The number of nitrogens with two attached hydrogens (primary N) is 1. The molecular weight excluding hydrogens is 346 g/mol. The van der Waals surface area contributed by atoms with Crippen LogP contribution in [0.5, 0.6) is 0 Å². The third kappa shape index (κ3) is 23.9. The van der Waals surface area contributed by atoms with Gasteiger partial charge in [0.2, 0.25) is 0 Å². The van der Waals surface area contributed by atoms with Crippen molar-refractivity contribution in [2.75, 3.05) is 26.9 Å². The van der Waals surface area contributed by atoms with Crippen LogP contribution in [-0.4, -0.2) is 33.0 Å². The van der Waals surface area contributed by atoms with Crippen LogP contribution in [0, 0.1) is 0 Å². The zero-order valence-electron chi connectivity index (χ0n) is 18.8. The molecule has 172 valence electrons. The molecule has 3 nitrogen and oxygen atoms in total. The van der Waals surface area contributed by atoms with Crippen LogP contribution in [-0.2, 0) is 9.47 Å². The molecule has 0 saturated carbocycles. The van der Waals surface area contributed by atoms with Gasteiger partial charge in [0.25, 0.3) is 0 Å². The average Bonchev–Trinajstić information content (AvgIpc) is 3.22. The SMILES string of the molecule is C.CCCCCCCCCCCCCCCCCCOC.NCC1CCCO1. The Labute approximate surface area is 178 Å². The molecule has 1 heterocycles. The Bertz CT molecular complexity index is 237. The summed E-state index contributed by atoms with van der Waals surface area (Å²) in [7, 11) is 1.80. The molecule has 1 saturated heterocycles. The van der Waals surface area contributed by atoms with Gasteiger partial charge in [-0.3, -0.25) is 0 Å². The van der Waals surface area contributed by atoms with Crippen LogP contribution in [0.1, 0.15) is 130 Å². The molecule has 0 aliphatic carbocycles. The topological polar surface area (TPSA) is 44.5 Å². The Hall–Kier alpha value is -0.120. The molecule has 0 radical (unpaired) electrons. The summed E-state index contributed by atoms with van der Waals surface area (Å²) < 4.78 is 10.2. The van der Waals surface area contributed by atoms with Crippen molar-refractivity contribution in [2.24, 2.45) is 5.73 Å². The van der Waals surface area contributed by atoms with Gasteiger partial charge in [0, 0.05) is 26.9 Å². The van der Waals surface area contributed by atoms with Crippen LogP contribution in [0.3, 0.4) is 0 Å². The van der Waals surface area contributed by atoms with Crippen LogP contribution in [0.2, 0.25) is 0 Å². The summed E-state index contributed by atoms with van der Waals surface area (Å²) in [4.78, 5) is 0. The van der Waals surface area contributed by atoms with Crippen molar-refractivity contribution in [2.45, 2.75) is 136 Å². The fraction of sp³-hybridized carbons (Fsp3) is 1.00. The number of ether oxygens (including phenoxy) is 2. The van der Waals surface area contributed by atoms with Gasteiger partial charge in [-0.05, 0) is 19.3 Å². The summed E-state index contributed by atoms with van der Waals surface area (Å²) in [6, 6.07) is 0. The van der Waals surface area contributed by atoms with Crippen molar-refractivity contribution in [3.05, 3.63) is 0 Å². The zero-order valence-corrected chi connectivity index (χ0v) is 18.8. The lowest BCUT2D eigenvalue weighted by Crippen LogP contribution is -2.17. The average molecular weight is 402 g/mol. The molecule has 0 aromatic heterocycles. The minimum atomic E-state index is 0. The van der Waals surface area contributed by atoms with Crippen molar-refractivity contribution in [3.63, 3.8) is 0 Å². The van der Waals surface area contributed by atoms with Crippen LogP contribution < -0.4 is 5.73 Å². The van der Waals surface area contributed by atoms with E-state index in [-0.39, 0.29) is 7.43 Å². The normalized spacial score (nSPS) is 15.8. The maximum Gasteiger partial charge on any atom is 0.0698 e. The zero-order chi connectivity index (χ0) is 19.8. The molecule has 1 aliphatic heterocycles. The smallest absolute Gasteiger partial charge is 0.0698 e. The van der Waals surface area contributed by atoms with Gasteiger partial charge in [-0.25, -0.2) is 0 Å². The molecule has 0 spiro atoms. The molecule has 28 heavy (non-hydrogen) atoms. The molecule has 0 aromatic rings. The number of rotatable bonds is 18. The summed E-state index contributed by atoms with van der Waals surface area (Å²) in [5, 5.41) is 0. The van der Waals surface area contributed by atoms with Crippen molar-refractivity contribution in [3.8, 4) is 0 Å². The predicted octanol–water partition coefficient (Wildman–Crippen LogP) is 7.65. The molecule has 3 heteroatoms. The van der Waals surface area contributed by atoms with Crippen LogP contribution in [0.25, 0.3) is 0 Å². The van der Waals surface area contributed by atoms with Crippen LogP contribution in [0.4, 0.5) is 0 Å². The fourth-order valence-electron chi connectivity index (χ4n) is 3.62. The summed E-state index contributed by atoms with van der Waals surface area (Å²) in [6.07, 6.45) is 25.6. The Morgan fingerprint density at radius 3 is 1.46 bits per heavy atom. The maximum atomic E-state index is 5.31. The highest BCUT2D eigenvalue weighted by molar-refractivity contribution is 4.63. The van der Waals surface area contributed by atoms with Gasteiger partial charge in [0.15, 0.2) is 0 Å². The molecule has 1 unspecified atom stereocenters. The van der Waals surface area contributed by atoms with Gasteiger partial charge in [0.05, 0.1) is 6.10 Å². The van der Waals surface area contributed by atoms with E-state index in [1.807, 2.05) is 0 Å². The molecule has 1 fully saturated rings. The number of unbranched alkanes of at least 4 members (excludes halogenated alkanes) is 15. The first kappa shape index (κ1) is 30.1. The second kappa shape index (κ2) is 26.9. The molecular formula is C25H55NO2. The summed E-state index contributed by atoms with van der Waals surface area (Å²) in [5.41, 5.74) is 5.31. The van der Waals surface area contributed by atoms with Gasteiger partial charge < -0.3 is 15.2 Å². The van der Waals surface area contributed by atoms with Crippen molar-refractivity contribution < 1.29 is 9.47 Å². The van der Waals surface area contributed by atoms with Crippen LogP contribution >= 0.6 is 0 Å². The molecule has 0 aromatic carbocycles. The Kier molecular flexibility index (Phi) is 28.9. The third-order valence-corrected chi connectivity index (χ3v) is 5.49. The van der Waals surface area contributed by atoms with E-state index in [1.54, 1.807) is 7.11 Å². The Morgan fingerprint density at radius 1 is 0.750 bits per heavy atom. The third-order valence-electron chi connectivity index (χ3n) is 5.49. The lowest BCUT2D eigenvalue weighted by atomic mass is 10.0. The van der Waals surface area contributed by atoms with E-state index in [4.69, 9.17) is 15.2 Å². The highest BCUT2D eigenvalue weighted by Crippen LogP contribution is 2.13. The summed E-state index contributed by atoms with van der Waals surface area (Å²) in [5.74, 6) is 0. The fourth-order valence-corrected chi connectivity index (χ4v) is 3.62. The van der Waals surface area contributed by atoms with Gasteiger partial charge in [-0.15, -0.1) is 0 Å². The lowest BCUT2D eigenvalue weighted by molar-refractivity contribution is 0.117. The van der Waals surface area contributed by atoms with Gasteiger partial charge in [-0.1, -0.05) is 111 Å². The maximum absolute atomic E-state index is 5.31. The monoisotopic (exact) mass is 401 g/mol. The second-order valence-electron chi connectivity index (χ2n) is 8.17. The summed E-state index contributed by atoms with van der Waals surface area (Å²) in [6.45, 7) is 4.85. The Balaban J connectivity index is 0. The standard InChI is InChI=1S/C19H40O.C5H11NO.CH4/c1-3-4-5-6-7-8-9-10-11-12-13-14-15-16-17-18-19-20-2;6-4-5-2-1-3-7-5;/h3-19H2,1-2H3;5H,1-4,6H2;1H4. The van der Waals surface area contributed by atoms with Crippen molar-refractivity contribution in [1.29, 1.82) is 0 Å². The first-order chi connectivity index (χ1) is 13.3. The quantitative estimate of drug-likeness (QED) is 0.240. The van der Waals surface area contributed by atoms with E-state index in [2.05, 4.69) is 6.92 Å². The first-order valence-corrected chi connectivity index (χ1v) is 12.2. The van der Waals surface area contributed by atoms with E-state index in [0.29, 0.717) is 12.6 Å². The Morgan fingerprint density at radius 2 is 1.18 bits per heavy atom. The molecule has 0 amide bonds. The largest absolute Gasteiger partial charge is 0.385 e. The predicted molar refractivity (Wildman–Crippen MR) is 126 cm³/mol. The van der Waals surface area contributed by atoms with E-state index in [0.717, 1.165) is 19.6 Å². The molecule has 1 rings (SSSR count). The van der Waals surface area contributed by atoms with Gasteiger partial charge in [-0.2, -0.15) is 0 Å². The number of hydrogen-bond donors (Lipinski definition) is 1. The molecule has 0 bridgehead atoms.